The molecule has 17 heavy (non-hydrogen) atoms. The van der Waals surface area contributed by atoms with Crippen LogP contribution in [0.25, 0.3) is 0 Å². The van der Waals surface area contributed by atoms with Gasteiger partial charge in [0.2, 0.25) is 5.91 Å². The first-order chi connectivity index (χ1) is 8.02. The molecular formula is C12H24N2O3. The van der Waals surface area contributed by atoms with Crippen molar-refractivity contribution in [3.05, 3.63) is 0 Å². The highest BCUT2D eigenvalue weighted by Gasteiger charge is 2.32. The highest BCUT2D eigenvalue weighted by Crippen LogP contribution is 2.23. The van der Waals surface area contributed by atoms with Crippen LogP contribution in [0.5, 0.6) is 0 Å². The first-order valence-corrected chi connectivity index (χ1v) is 6.32. The molecule has 100 valence electrons. The zero-order chi connectivity index (χ0) is 12.9. The van der Waals surface area contributed by atoms with Crippen LogP contribution in [-0.2, 0) is 4.79 Å². The normalized spacial score (nSPS) is 26.4. The predicted molar refractivity (Wildman–Crippen MR) is 65.3 cm³/mol. The maximum absolute atomic E-state index is 12.1. The van der Waals surface area contributed by atoms with Crippen molar-refractivity contribution in [2.24, 2.45) is 11.7 Å². The van der Waals surface area contributed by atoms with E-state index < -0.39 is 5.54 Å². The van der Waals surface area contributed by atoms with Gasteiger partial charge >= 0.3 is 0 Å². The fraction of sp³-hybridized carbons (Fsp3) is 0.917. The van der Waals surface area contributed by atoms with Crippen LogP contribution in [0.15, 0.2) is 0 Å². The lowest BCUT2D eigenvalue weighted by Crippen LogP contribution is -2.55. The van der Waals surface area contributed by atoms with Crippen molar-refractivity contribution in [2.75, 3.05) is 13.2 Å². The molecule has 0 aromatic carbocycles. The molecule has 0 saturated heterocycles. The van der Waals surface area contributed by atoms with Gasteiger partial charge < -0.3 is 21.3 Å². The Balaban J connectivity index is 2.61. The average Bonchev–Trinajstić information content (AvgIpc) is 2.53. The van der Waals surface area contributed by atoms with Gasteiger partial charge in [0.15, 0.2) is 0 Å². The summed E-state index contributed by atoms with van der Waals surface area (Å²) in [5.41, 5.74) is 5.04. The lowest BCUT2D eigenvalue weighted by Gasteiger charge is -2.30. The summed E-state index contributed by atoms with van der Waals surface area (Å²) in [4.78, 5) is 12.1. The Bertz CT molecular complexity index is 254. The Morgan fingerprint density at radius 2 is 1.88 bits per heavy atom. The number of hydrogen-bond donors (Lipinski definition) is 4. The molecule has 0 aromatic rings. The van der Waals surface area contributed by atoms with E-state index in [1.165, 1.54) is 0 Å². The first-order valence-electron chi connectivity index (χ1n) is 6.32. The number of rotatable bonds is 4. The molecule has 1 rings (SSSR count). The van der Waals surface area contributed by atoms with Gasteiger partial charge in [0.1, 0.15) is 0 Å². The van der Waals surface area contributed by atoms with Gasteiger partial charge in [0, 0.05) is 6.04 Å². The summed E-state index contributed by atoms with van der Waals surface area (Å²) in [7, 11) is 0. The summed E-state index contributed by atoms with van der Waals surface area (Å²) < 4.78 is 0. The minimum absolute atomic E-state index is 0.112. The van der Waals surface area contributed by atoms with Crippen LogP contribution >= 0.6 is 0 Å². The van der Waals surface area contributed by atoms with E-state index in [0.29, 0.717) is 0 Å². The number of amides is 1. The van der Waals surface area contributed by atoms with E-state index in [1.54, 1.807) is 6.92 Å². The molecule has 0 radical (unpaired) electrons. The zero-order valence-electron chi connectivity index (χ0n) is 10.5. The van der Waals surface area contributed by atoms with E-state index in [0.717, 1.165) is 32.1 Å². The molecule has 5 nitrogen and oxygen atoms in total. The van der Waals surface area contributed by atoms with Gasteiger partial charge in [-0.1, -0.05) is 19.3 Å². The van der Waals surface area contributed by atoms with E-state index in [1.807, 2.05) is 0 Å². The Kier molecular flexibility index (Phi) is 5.36. The number of aliphatic hydroxyl groups is 2. The molecule has 0 aliphatic heterocycles. The molecule has 1 saturated carbocycles. The van der Waals surface area contributed by atoms with Crippen molar-refractivity contribution < 1.29 is 15.0 Å². The van der Waals surface area contributed by atoms with Crippen molar-refractivity contribution in [1.82, 2.24) is 5.32 Å². The predicted octanol–water partition coefficient (Wildman–Crippen LogP) is -0.246. The molecule has 5 N–H and O–H groups in total. The van der Waals surface area contributed by atoms with Crippen molar-refractivity contribution in [2.45, 2.75) is 50.6 Å². The van der Waals surface area contributed by atoms with Crippen molar-refractivity contribution in [3.63, 3.8) is 0 Å². The van der Waals surface area contributed by atoms with Crippen molar-refractivity contribution >= 4 is 5.91 Å². The van der Waals surface area contributed by atoms with Gasteiger partial charge in [-0.3, -0.25) is 4.79 Å². The summed E-state index contributed by atoms with van der Waals surface area (Å²) in [5.74, 6) is -0.347. The molecule has 0 heterocycles. The average molecular weight is 244 g/mol. The topological polar surface area (TPSA) is 95.6 Å². The monoisotopic (exact) mass is 244 g/mol. The van der Waals surface area contributed by atoms with Gasteiger partial charge in [0.05, 0.1) is 24.7 Å². The Morgan fingerprint density at radius 1 is 1.29 bits per heavy atom. The molecule has 1 aliphatic rings. The minimum atomic E-state index is -0.955. The second-order valence-electron chi connectivity index (χ2n) is 5.27. The van der Waals surface area contributed by atoms with Crippen LogP contribution in [0.3, 0.4) is 0 Å². The maximum Gasteiger partial charge on any atom is 0.225 e. The third-order valence-corrected chi connectivity index (χ3v) is 3.53. The molecule has 2 unspecified atom stereocenters. The van der Waals surface area contributed by atoms with Crippen LogP contribution in [0, 0.1) is 5.92 Å². The van der Waals surface area contributed by atoms with Gasteiger partial charge in [-0.25, -0.2) is 0 Å². The summed E-state index contributed by atoms with van der Waals surface area (Å²) in [6, 6.07) is -0.112. The smallest absolute Gasteiger partial charge is 0.225 e. The third-order valence-electron chi connectivity index (χ3n) is 3.53. The molecular weight excluding hydrogens is 220 g/mol. The molecule has 0 aromatic heterocycles. The van der Waals surface area contributed by atoms with Crippen LogP contribution < -0.4 is 11.1 Å². The van der Waals surface area contributed by atoms with Crippen LogP contribution in [0.4, 0.5) is 0 Å². The van der Waals surface area contributed by atoms with Crippen LogP contribution in [0.1, 0.15) is 39.0 Å². The Labute approximate surface area is 102 Å². The number of hydrogen-bond acceptors (Lipinski definition) is 4. The number of nitrogens with two attached hydrogens (primary N) is 1. The minimum Gasteiger partial charge on any atom is -0.394 e. The SMILES string of the molecule is CC(CO)(CO)NC(=O)C1CCCCCC1N. The number of nitrogens with one attached hydrogen (secondary N) is 1. The van der Waals surface area contributed by atoms with Crippen LogP contribution in [-0.4, -0.2) is 40.9 Å². The fourth-order valence-corrected chi connectivity index (χ4v) is 2.18. The molecule has 0 bridgehead atoms. The van der Waals surface area contributed by atoms with Gasteiger partial charge in [-0.05, 0) is 19.8 Å². The lowest BCUT2D eigenvalue weighted by molar-refractivity contribution is -0.128. The molecule has 1 amide bonds. The van der Waals surface area contributed by atoms with Crippen molar-refractivity contribution in [1.29, 1.82) is 0 Å². The summed E-state index contributed by atoms with van der Waals surface area (Å²) in [5, 5.41) is 21.0. The van der Waals surface area contributed by atoms with Gasteiger partial charge in [-0.15, -0.1) is 0 Å². The number of aliphatic hydroxyl groups excluding tert-OH is 2. The standard InChI is InChI=1S/C12H24N2O3/c1-12(7-15,8-16)14-11(17)9-5-3-2-4-6-10(9)13/h9-10,15-16H,2-8,13H2,1H3,(H,14,17). The third kappa shape index (κ3) is 3.94. The maximum atomic E-state index is 12.1. The zero-order valence-corrected chi connectivity index (χ0v) is 10.5. The highest BCUT2D eigenvalue weighted by atomic mass is 16.3. The Hall–Kier alpha value is -0.650. The van der Waals surface area contributed by atoms with Crippen LogP contribution in [0.2, 0.25) is 0 Å². The Morgan fingerprint density at radius 3 is 2.47 bits per heavy atom. The second kappa shape index (κ2) is 6.33. The molecule has 1 fully saturated rings. The largest absolute Gasteiger partial charge is 0.394 e. The molecule has 5 heteroatoms. The summed E-state index contributed by atoms with van der Waals surface area (Å²) >= 11 is 0. The first kappa shape index (κ1) is 14.4. The molecule has 2 atom stereocenters. The number of carbonyl (C=O) groups excluding carboxylic acids is 1. The molecule has 1 aliphatic carbocycles. The van der Waals surface area contributed by atoms with E-state index in [2.05, 4.69) is 5.32 Å². The van der Waals surface area contributed by atoms with Crippen molar-refractivity contribution in [3.8, 4) is 0 Å². The van der Waals surface area contributed by atoms with E-state index in [9.17, 15) is 4.79 Å². The second-order valence-corrected chi connectivity index (χ2v) is 5.27. The lowest BCUT2D eigenvalue weighted by atomic mass is 9.93. The highest BCUT2D eigenvalue weighted by molar-refractivity contribution is 5.80. The number of carbonyl (C=O) groups is 1. The van der Waals surface area contributed by atoms with Gasteiger partial charge in [0.25, 0.3) is 0 Å². The molecule has 0 spiro atoms. The summed E-state index contributed by atoms with van der Waals surface area (Å²) in [6.07, 6.45) is 4.87. The van der Waals surface area contributed by atoms with Gasteiger partial charge in [-0.2, -0.15) is 0 Å². The van der Waals surface area contributed by atoms with E-state index >= 15 is 0 Å². The van der Waals surface area contributed by atoms with E-state index in [4.69, 9.17) is 15.9 Å². The van der Waals surface area contributed by atoms with E-state index in [-0.39, 0.29) is 31.1 Å². The fourth-order valence-electron chi connectivity index (χ4n) is 2.18. The summed E-state index contributed by atoms with van der Waals surface area (Å²) in [6.45, 7) is 1.06. The quantitative estimate of drug-likeness (QED) is 0.513.